The molecule has 2 aromatic carbocycles. The zero-order valence-electron chi connectivity index (χ0n) is 19.5. The Balaban J connectivity index is 1.24. The lowest BCUT2D eigenvalue weighted by Gasteiger charge is -2.38. The molecule has 1 unspecified atom stereocenters. The van der Waals surface area contributed by atoms with Gasteiger partial charge in [-0.2, -0.15) is 0 Å². The third kappa shape index (κ3) is 4.29. The van der Waals surface area contributed by atoms with E-state index in [1.165, 1.54) is 11.3 Å². The summed E-state index contributed by atoms with van der Waals surface area (Å²) in [6.45, 7) is 4.11. The highest BCUT2D eigenvalue weighted by atomic mass is 35.5. The van der Waals surface area contributed by atoms with Gasteiger partial charge in [-0.05, 0) is 49.2 Å². The van der Waals surface area contributed by atoms with Gasteiger partial charge in [0.25, 0.3) is 0 Å². The fraction of sp³-hybridized carbons (Fsp3) is 0.385. The minimum absolute atomic E-state index is 0.00398. The van der Waals surface area contributed by atoms with E-state index < -0.39 is 5.41 Å². The molecular formula is C26H27ClN4O3S. The van der Waals surface area contributed by atoms with Crippen LogP contribution in [-0.4, -0.2) is 60.7 Å². The molecule has 0 radical (unpaired) electrons. The van der Waals surface area contributed by atoms with Crippen molar-refractivity contribution in [2.45, 2.75) is 24.3 Å². The fourth-order valence-electron chi connectivity index (χ4n) is 4.96. The van der Waals surface area contributed by atoms with E-state index in [-0.39, 0.29) is 18.7 Å². The summed E-state index contributed by atoms with van der Waals surface area (Å²) >= 11 is 8.17. The van der Waals surface area contributed by atoms with Gasteiger partial charge in [0.1, 0.15) is 0 Å². The van der Waals surface area contributed by atoms with Crippen LogP contribution in [0.15, 0.2) is 48.7 Å². The SMILES string of the molecule is CN1CCN(C(c2cnc(NC(=O)C3(c4ccc5c(c4)OCO5)CC3)s2)c2ccccc2Cl)CC1. The van der Waals surface area contributed by atoms with E-state index in [0.29, 0.717) is 10.9 Å². The van der Waals surface area contributed by atoms with Gasteiger partial charge in [0.05, 0.1) is 11.5 Å². The number of hydrogen-bond acceptors (Lipinski definition) is 7. The van der Waals surface area contributed by atoms with E-state index >= 15 is 0 Å². The van der Waals surface area contributed by atoms with Crippen molar-refractivity contribution in [2.75, 3.05) is 45.3 Å². The summed E-state index contributed by atoms with van der Waals surface area (Å²) in [5, 5.41) is 4.46. The summed E-state index contributed by atoms with van der Waals surface area (Å²) in [7, 11) is 2.15. The first kappa shape index (κ1) is 22.8. The van der Waals surface area contributed by atoms with Gasteiger partial charge >= 0.3 is 0 Å². The van der Waals surface area contributed by atoms with Crippen LogP contribution in [0.4, 0.5) is 5.13 Å². The lowest BCUT2D eigenvalue weighted by atomic mass is 9.94. The second-order valence-corrected chi connectivity index (χ2v) is 10.9. The molecule has 3 aromatic rings. The molecule has 0 spiro atoms. The van der Waals surface area contributed by atoms with Gasteiger partial charge < -0.3 is 19.7 Å². The Kier molecular flexibility index (Phi) is 5.92. The first-order valence-electron chi connectivity index (χ1n) is 11.9. The van der Waals surface area contributed by atoms with Gasteiger partial charge in [-0.1, -0.05) is 47.2 Å². The summed E-state index contributed by atoms with van der Waals surface area (Å²) in [5.74, 6) is 1.41. The van der Waals surface area contributed by atoms with E-state index in [1.807, 2.05) is 42.6 Å². The van der Waals surface area contributed by atoms with Gasteiger partial charge in [-0.15, -0.1) is 0 Å². The Hall–Kier alpha value is -2.65. The Morgan fingerprint density at radius 3 is 2.66 bits per heavy atom. The maximum atomic E-state index is 13.4. The van der Waals surface area contributed by atoms with Crippen molar-refractivity contribution >= 4 is 34.0 Å². The van der Waals surface area contributed by atoms with Gasteiger partial charge in [0, 0.05) is 42.3 Å². The number of anilines is 1. The normalized spacial score (nSPS) is 19.9. The summed E-state index contributed by atoms with van der Waals surface area (Å²) in [6, 6.07) is 13.8. The monoisotopic (exact) mass is 510 g/mol. The van der Waals surface area contributed by atoms with E-state index in [9.17, 15) is 4.79 Å². The Morgan fingerprint density at radius 1 is 1.11 bits per heavy atom. The number of thiazole rings is 1. The number of rotatable bonds is 6. The number of amides is 1. The van der Waals surface area contributed by atoms with Crippen molar-refractivity contribution < 1.29 is 14.3 Å². The number of aromatic nitrogens is 1. The number of benzene rings is 2. The van der Waals surface area contributed by atoms with Crippen LogP contribution in [0, 0.1) is 0 Å². The molecule has 1 atom stereocenters. The van der Waals surface area contributed by atoms with Gasteiger partial charge in [0.15, 0.2) is 16.6 Å². The fourth-order valence-corrected chi connectivity index (χ4v) is 6.17. The summed E-state index contributed by atoms with van der Waals surface area (Å²) in [4.78, 5) is 23.8. The summed E-state index contributed by atoms with van der Waals surface area (Å²) in [6.07, 6.45) is 3.49. The number of likely N-dealkylation sites (N-methyl/N-ethyl adjacent to an activating group) is 1. The highest BCUT2D eigenvalue weighted by Gasteiger charge is 2.52. The minimum Gasteiger partial charge on any atom is -0.454 e. The molecule has 0 bridgehead atoms. The van der Waals surface area contributed by atoms with E-state index in [4.69, 9.17) is 21.1 Å². The molecule has 1 aliphatic carbocycles. The quantitative estimate of drug-likeness (QED) is 0.525. The van der Waals surface area contributed by atoms with Crippen LogP contribution in [-0.2, 0) is 10.2 Å². The number of ether oxygens (including phenoxy) is 2. The number of nitrogens with one attached hydrogen (secondary N) is 1. The van der Waals surface area contributed by atoms with Crippen LogP contribution >= 0.6 is 22.9 Å². The number of hydrogen-bond donors (Lipinski definition) is 1. The molecule has 2 fully saturated rings. The van der Waals surface area contributed by atoms with E-state index in [0.717, 1.165) is 65.8 Å². The van der Waals surface area contributed by atoms with Crippen LogP contribution in [0.3, 0.4) is 0 Å². The lowest BCUT2D eigenvalue weighted by Crippen LogP contribution is -2.46. The molecule has 1 saturated carbocycles. The Bertz CT molecular complexity index is 1250. The average Bonchev–Trinajstić information content (AvgIpc) is 3.33. The molecule has 1 aromatic heterocycles. The zero-order chi connectivity index (χ0) is 24.0. The molecule has 182 valence electrons. The van der Waals surface area contributed by atoms with Crippen molar-refractivity contribution in [1.29, 1.82) is 0 Å². The van der Waals surface area contributed by atoms with Crippen molar-refractivity contribution in [1.82, 2.24) is 14.8 Å². The van der Waals surface area contributed by atoms with Crippen LogP contribution in [0.2, 0.25) is 5.02 Å². The Morgan fingerprint density at radius 2 is 1.89 bits per heavy atom. The highest BCUT2D eigenvalue weighted by molar-refractivity contribution is 7.15. The topological polar surface area (TPSA) is 66.9 Å². The van der Waals surface area contributed by atoms with Crippen molar-refractivity contribution in [3.8, 4) is 11.5 Å². The largest absolute Gasteiger partial charge is 0.454 e. The van der Waals surface area contributed by atoms with E-state index in [1.54, 1.807) is 0 Å². The molecule has 1 saturated heterocycles. The van der Waals surface area contributed by atoms with Crippen molar-refractivity contribution in [3.63, 3.8) is 0 Å². The number of carbonyl (C=O) groups is 1. The molecule has 3 heterocycles. The van der Waals surface area contributed by atoms with Gasteiger partial charge in [-0.3, -0.25) is 9.69 Å². The van der Waals surface area contributed by atoms with Crippen LogP contribution in [0.25, 0.3) is 0 Å². The number of carbonyl (C=O) groups excluding carboxylic acids is 1. The number of nitrogens with zero attached hydrogens (tertiary/aromatic N) is 3. The minimum atomic E-state index is -0.535. The standard InChI is InChI=1S/C26H27ClN4O3S/c1-30-10-12-31(13-11-30)23(18-4-2-3-5-19(18)27)22-15-28-25(35-22)29-24(32)26(8-9-26)17-6-7-20-21(14-17)34-16-33-20/h2-7,14-15,23H,8-13,16H2,1H3,(H,28,29,32). The zero-order valence-corrected chi connectivity index (χ0v) is 21.1. The molecule has 9 heteroatoms. The molecule has 1 N–H and O–H groups in total. The molecule has 1 amide bonds. The smallest absolute Gasteiger partial charge is 0.236 e. The maximum absolute atomic E-state index is 13.4. The molecule has 35 heavy (non-hydrogen) atoms. The number of piperazine rings is 1. The predicted octanol–water partition coefficient (Wildman–Crippen LogP) is 4.53. The van der Waals surface area contributed by atoms with Gasteiger partial charge in [-0.25, -0.2) is 4.98 Å². The average molecular weight is 511 g/mol. The lowest BCUT2D eigenvalue weighted by molar-refractivity contribution is -0.118. The first-order valence-corrected chi connectivity index (χ1v) is 13.1. The first-order chi connectivity index (χ1) is 17.0. The molecule has 6 rings (SSSR count). The van der Waals surface area contributed by atoms with Crippen molar-refractivity contribution in [2.24, 2.45) is 0 Å². The molecule has 3 aliphatic rings. The third-order valence-electron chi connectivity index (χ3n) is 7.23. The number of fused-ring (bicyclic) bond motifs is 1. The second-order valence-electron chi connectivity index (χ2n) is 9.44. The number of halogens is 1. The molecule has 7 nitrogen and oxygen atoms in total. The van der Waals surface area contributed by atoms with Crippen LogP contribution in [0.1, 0.15) is 34.9 Å². The Labute approximate surface area is 213 Å². The van der Waals surface area contributed by atoms with E-state index in [2.05, 4.69) is 33.2 Å². The van der Waals surface area contributed by atoms with Crippen LogP contribution < -0.4 is 14.8 Å². The summed E-state index contributed by atoms with van der Waals surface area (Å²) < 4.78 is 10.9. The van der Waals surface area contributed by atoms with Gasteiger partial charge in [0.2, 0.25) is 12.7 Å². The molecular weight excluding hydrogens is 484 g/mol. The molecule has 2 aliphatic heterocycles. The van der Waals surface area contributed by atoms with Crippen molar-refractivity contribution in [3.05, 3.63) is 69.7 Å². The summed E-state index contributed by atoms with van der Waals surface area (Å²) in [5.41, 5.74) is 1.49. The maximum Gasteiger partial charge on any atom is 0.236 e. The predicted molar refractivity (Wildman–Crippen MR) is 137 cm³/mol. The van der Waals surface area contributed by atoms with Crippen LogP contribution in [0.5, 0.6) is 11.5 Å². The second kappa shape index (κ2) is 9.09. The highest BCUT2D eigenvalue weighted by Crippen LogP contribution is 2.51. The third-order valence-corrected chi connectivity index (χ3v) is 8.54.